The summed E-state index contributed by atoms with van der Waals surface area (Å²) in [6.45, 7) is 7.19. The monoisotopic (exact) mass is 420 g/mol. The summed E-state index contributed by atoms with van der Waals surface area (Å²) in [5.41, 5.74) is 3.77. The SMILES string of the molecule is COC(=O)c1[nH]c2ccc(C)cc2c1NC(=O)[C@@H](C)N1CCN(c2ccccc2)CC1. The number of nitrogens with one attached hydrogen (secondary N) is 2. The van der Waals surface area contributed by atoms with E-state index < -0.39 is 5.97 Å². The van der Waals surface area contributed by atoms with E-state index in [1.54, 1.807) is 0 Å². The van der Waals surface area contributed by atoms with Gasteiger partial charge < -0.3 is 19.9 Å². The summed E-state index contributed by atoms with van der Waals surface area (Å²) < 4.78 is 4.91. The van der Waals surface area contributed by atoms with Gasteiger partial charge in [0.2, 0.25) is 5.91 Å². The maximum Gasteiger partial charge on any atom is 0.356 e. The summed E-state index contributed by atoms with van der Waals surface area (Å²) in [6, 6.07) is 15.8. The minimum atomic E-state index is -0.506. The van der Waals surface area contributed by atoms with Crippen molar-refractivity contribution in [3.8, 4) is 0 Å². The third kappa shape index (κ3) is 4.27. The zero-order valence-corrected chi connectivity index (χ0v) is 18.1. The summed E-state index contributed by atoms with van der Waals surface area (Å²) in [5.74, 6) is -0.644. The molecule has 3 aromatic rings. The Morgan fingerprint density at radius 1 is 1.06 bits per heavy atom. The number of aromatic nitrogens is 1. The lowest BCUT2D eigenvalue weighted by Crippen LogP contribution is -2.52. The molecule has 1 aliphatic rings. The Bertz CT molecular complexity index is 1080. The highest BCUT2D eigenvalue weighted by molar-refractivity contribution is 6.11. The molecule has 1 aliphatic heterocycles. The molecule has 1 amide bonds. The van der Waals surface area contributed by atoms with E-state index in [0.29, 0.717) is 5.69 Å². The normalized spacial score (nSPS) is 15.6. The number of ether oxygens (including phenoxy) is 1. The van der Waals surface area contributed by atoms with Crippen LogP contribution in [0.1, 0.15) is 23.0 Å². The lowest BCUT2D eigenvalue weighted by Gasteiger charge is -2.38. The first-order chi connectivity index (χ1) is 15.0. The molecule has 0 radical (unpaired) electrons. The molecule has 7 nitrogen and oxygen atoms in total. The van der Waals surface area contributed by atoms with Crippen LogP contribution >= 0.6 is 0 Å². The van der Waals surface area contributed by atoms with E-state index >= 15 is 0 Å². The number of rotatable bonds is 5. The molecular weight excluding hydrogens is 392 g/mol. The van der Waals surface area contributed by atoms with Gasteiger partial charge in [-0.25, -0.2) is 4.79 Å². The molecule has 162 valence electrons. The van der Waals surface area contributed by atoms with Gasteiger partial charge in [0.25, 0.3) is 0 Å². The Hall–Kier alpha value is -3.32. The lowest BCUT2D eigenvalue weighted by molar-refractivity contribution is -0.120. The minimum Gasteiger partial charge on any atom is -0.464 e. The van der Waals surface area contributed by atoms with Gasteiger partial charge in [-0.15, -0.1) is 0 Å². The molecule has 0 unspecified atom stereocenters. The fraction of sp³-hybridized carbons (Fsp3) is 0.333. The molecule has 0 aliphatic carbocycles. The highest BCUT2D eigenvalue weighted by Crippen LogP contribution is 2.30. The number of hydrogen-bond donors (Lipinski definition) is 2. The van der Waals surface area contributed by atoms with Gasteiger partial charge in [-0.2, -0.15) is 0 Å². The fourth-order valence-corrected chi connectivity index (χ4v) is 4.09. The summed E-state index contributed by atoms with van der Waals surface area (Å²) in [4.78, 5) is 33.0. The number of piperazine rings is 1. The number of amides is 1. The zero-order chi connectivity index (χ0) is 22.0. The van der Waals surface area contributed by atoms with Gasteiger partial charge in [0.15, 0.2) is 0 Å². The van der Waals surface area contributed by atoms with Crippen molar-refractivity contribution in [3.05, 3.63) is 59.8 Å². The molecule has 0 bridgehead atoms. The number of carbonyl (C=O) groups is 2. The number of carbonyl (C=O) groups excluding carboxylic acids is 2. The van der Waals surface area contributed by atoms with Crippen molar-refractivity contribution in [2.75, 3.05) is 43.5 Å². The molecule has 2 heterocycles. The Morgan fingerprint density at radius 3 is 2.45 bits per heavy atom. The van der Waals surface area contributed by atoms with Crippen LogP contribution in [0, 0.1) is 6.92 Å². The zero-order valence-electron chi connectivity index (χ0n) is 18.1. The van der Waals surface area contributed by atoms with E-state index in [-0.39, 0.29) is 17.6 Å². The number of para-hydroxylation sites is 1. The molecular formula is C24H28N4O3. The van der Waals surface area contributed by atoms with Crippen LogP contribution < -0.4 is 10.2 Å². The molecule has 1 atom stereocenters. The van der Waals surface area contributed by atoms with Gasteiger partial charge in [0, 0.05) is 42.8 Å². The number of H-pyrrole nitrogens is 1. The third-order valence-electron chi connectivity index (χ3n) is 5.95. The van der Waals surface area contributed by atoms with Crippen LogP contribution in [-0.4, -0.2) is 61.1 Å². The molecule has 1 fully saturated rings. The maximum absolute atomic E-state index is 13.1. The van der Waals surface area contributed by atoms with E-state index in [1.807, 2.05) is 50.2 Å². The predicted octanol–water partition coefficient (Wildman–Crippen LogP) is 3.41. The van der Waals surface area contributed by atoms with Crippen molar-refractivity contribution >= 4 is 34.2 Å². The first-order valence-corrected chi connectivity index (χ1v) is 10.5. The molecule has 4 rings (SSSR count). The molecule has 1 saturated heterocycles. The smallest absolute Gasteiger partial charge is 0.356 e. The Labute approximate surface area is 182 Å². The molecule has 2 N–H and O–H groups in total. The Balaban J connectivity index is 1.49. The van der Waals surface area contributed by atoms with Gasteiger partial charge >= 0.3 is 5.97 Å². The second kappa shape index (κ2) is 8.81. The van der Waals surface area contributed by atoms with E-state index in [2.05, 4.69) is 32.2 Å². The Kier molecular flexibility index (Phi) is 5.95. The van der Waals surface area contributed by atoms with Crippen LogP contribution in [0.15, 0.2) is 48.5 Å². The maximum atomic E-state index is 13.1. The lowest BCUT2D eigenvalue weighted by atomic mass is 10.1. The average molecular weight is 421 g/mol. The van der Waals surface area contributed by atoms with Gasteiger partial charge in [-0.1, -0.05) is 29.8 Å². The number of anilines is 2. The molecule has 31 heavy (non-hydrogen) atoms. The number of aromatic amines is 1. The van der Waals surface area contributed by atoms with Crippen molar-refractivity contribution in [2.24, 2.45) is 0 Å². The van der Waals surface area contributed by atoms with Crippen LogP contribution in [0.2, 0.25) is 0 Å². The molecule has 2 aromatic carbocycles. The van der Waals surface area contributed by atoms with E-state index in [1.165, 1.54) is 12.8 Å². The number of hydrogen-bond acceptors (Lipinski definition) is 5. The summed E-state index contributed by atoms with van der Waals surface area (Å²) in [6.07, 6.45) is 0. The molecule has 1 aromatic heterocycles. The summed E-state index contributed by atoms with van der Waals surface area (Å²) in [7, 11) is 1.33. The first-order valence-electron chi connectivity index (χ1n) is 10.5. The van der Waals surface area contributed by atoms with Crippen LogP contribution in [0.3, 0.4) is 0 Å². The highest BCUT2D eigenvalue weighted by atomic mass is 16.5. The van der Waals surface area contributed by atoms with Crippen molar-refractivity contribution in [2.45, 2.75) is 19.9 Å². The number of methoxy groups -OCH3 is 1. The van der Waals surface area contributed by atoms with Crippen molar-refractivity contribution < 1.29 is 14.3 Å². The van der Waals surface area contributed by atoms with Gasteiger partial charge in [-0.3, -0.25) is 9.69 Å². The summed E-state index contributed by atoms with van der Waals surface area (Å²) >= 11 is 0. The van der Waals surface area contributed by atoms with E-state index in [4.69, 9.17) is 4.74 Å². The predicted molar refractivity (Wildman–Crippen MR) is 123 cm³/mol. The number of fused-ring (bicyclic) bond motifs is 1. The van der Waals surface area contributed by atoms with Gasteiger partial charge in [0.05, 0.1) is 18.8 Å². The standard InChI is InChI=1S/C24H28N4O3/c1-16-9-10-20-19(15-16)21(22(25-20)24(30)31-3)26-23(29)17(2)27-11-13-28(14-12-27)18-7-5-4-6-8-18/h4-10,15,17,25H,11-14H2,1-3H3,(H,26,29)/t17-/m1/s1. The fourth-order valence-electron chi connectivity index (χ4n) is 4.09. The summed E-state index contributed by atoms with van der Waals surface area (Å²) in [5, 5.41) is 3.79. The minimum absolute atomic E-state index is 0.138. The number of benzene rings is 2. The highest BCUT2D eigenvalue weighted by Gasteiger charge is 2.28. The van der Waals surface area contributed by atoms with Crippen molar-refractivity contribution in [1.82, 2.24) is 9.88 Å². The van der Waals surface area contributed by atoms with Gasteiger partial charge in [0.1, 0.15) is 5.69 Å². The second-order valence-electron chi connectivity index (χ2n) is 7.94. The molecule has 0 saturated carbocycles. The van der Waals surface area contributed by atoms with Crippen LogP contribution in [-0.2, 0) is 9.53 Å². The van der Waals surface area contributed by atoms with E-state index in [9.17, 15) is 9.59 Å². The Morgan fingerprint density at radius 2 is 1.77 bits per heavy atom. The first kappa shape index (κ1) is 20.9. The molecule has 0 spiro atoms. The van der Waals surface area contributed by atoms with E-state index in [0.717, 1.165) is 42.6 Å². The third-order valence-corrected chi connectivity index (χ3v) is 5.95. The topological polar surface area (TPSA) is 77.7 Å². The quantitative estimate of drug-likeness (QED) is 0.619. The average Bonchev–Trinajstić information content (AvgIpc) is 3.16. The van der Waals surface area contributed by atoms with Crippen molar-refractivity contribution in [3.63, 3.8) is 0 Å². The van der Waals surface area contributed by atoms with Crippen LogP contribution in [0.4, 0.5) is 11.4 Å². The number of nitrogens with zero attached hydrogens (tertiary/aromatic N) is 2. The molecule has 7 heteroatoms. The second-order valence-corrected chi connectivity index (χ2v) is 7.94. The number of esters is 1. The van der Waals surface area contributed by atoms with Gasteiger partial charge in [-0.05, 0) is 38.1 Å². The van der Waals surface area contributed by atoms with Crippen LogP contribution in [0.5, 0.6) is 0 Å². The van der Waals surface area contributed by atoms with Crippen molar-refractivity contribution in [1.29, 1.82) is 0 Å². The van der Waals surface area contributed by atoms with Crippen LogP contribution in [0.25, 0.3) is 10.9 Å². The number of aryl methyl sites for hydroxylation is 1. The largest absolute Gasteiger partial charge is 0.464 e.